The van der Waals surface area contributed by atoms with Gasteiger partial charge in [-0.25, -0.2) is 0 Å². The molecule has 1 aromatic carbocycles. The molecule has 100 valence electrons. The van der Waals surface area contributed by atoms with Crippen LogP contribution in [-0.4, -0.2) is 16.6 Å². The van der Waals surface area contributed by atoms with Gasteiger partial charge in [0.1, 0.15) is 5.54 Å². The molecular formula is C13H17BrClNO2. The zero-order valence-corrected chi connectivity index (χ0v) is 12.8. The smallest absolute Gasteiger partial charge is 0.323 e. The van der Waals surface area contributed by atoms with Gasteiger partial charge in [0, 0.05) is 16.0 Å². The van der Waals surface area contributed by atoms with Gasteiger partial charge in [-0.05, 0) is 37.1 Å². The molecule has 1 atom stereocenters. The minimum atomic E-state index is -0.906. The molecule has 0 aliphatic rings. The van der Waals surface area contributed by atoms with Crippen LogP contribution >= 0.6 is 27.5 Å². The summed E-state index contributed by atoms with van der Waals surface area (Å²) < 4.78 is 0.920. The second-order valence-electron chi connectivity index (χ2n) is 4.48. The number of rotatable bonds is 6. The first-order chi connectivity index (χ1) is 8.39. The minimum Gasteiger partial charge on any atom is -0.480 e. The van der Waals surface area contributed by atoms with Gasteiger partial charge in [0.2, 0.25) is 0 Å². The molecule has 0 amide bonds. The van der Waals surface area contributed by atoms with Crippen LogP contribution in [0.4, 0.5) is 0 Å². The Balaban J connectivity index is 2.79. The number of carbonyl (C=O) groups is 1. The van der Waals surface area contributed by atoms with Crippen molar-refractivity contribution in [2.75, 3.05) is 0 Å². The number of hydrogen-bond acceptors (Lipinski definition) is 2. The lowest BCUT2D eigenvalue weighted by Gasteiger charge is -2.26. The average Bonchev–Trinajstić information content (AvgIpc) is 2.30. The molecule has 3 nitrogen and oxygen atoms in total. The number of halogens is 2. The second-order valence-corrected chi connectivity index (χ2v) is 5.77. The van der Waals surface area contributed by atoms with Crippen LogP contribution in [0.3, 0.4) is 0 Å². The highest BCUT2D eigenvalue weighted by Gasteiger charge is 2.31. The van der Waals surface area contributed by atoms with Gasteiger partial charge >= 0.3 is 5.97 Å². The van der Waals surface area contributed by atoms with E-state index in [9.17, 15) is 9.90 Å². The lowest BCUT2D eigenvalue weighted by molar-refractivity contribution is -0.144. The maximum atomic E-state index is 11.3. The molecule has 0 radical (unpaired) electrons. The molecular weight excluding hydrogens is 318 g/mol. The number of carboxylic acid groups (broad SMARTS) is 1. The Bertz CT molecular complexity index is 439. The summed E-state index contributed by atoms with van der Waals surface area (Å²) in [5, 5.41) is 13.0. The van der Waals surface area contributed by atoms with Crippen LogP contribution in [0.25, 0.3) is 0 Å². The van der Waals surface area contributed by atoms with E-state index in [1.165, 1.54) is 0 Å². The van der Waals surface area contributed by atoms with Crippen molar-refractivity contribution in [2.45, 2.75) is 38.8 Å². The van der Waals surface area contributed by atoms with Crippen LogP contribution < -0.4 is 5.32 Å². The van der Waals surface area contributed by atoms with Crippen LogP contribution in [-0.2, 0) is 11.3 Å². The minimum absolute atomic E-state index is 0.462. The first-order valence-electron chi connectivity index (χ1n) is 5.81. The predicted molar refractivity (Wildman–Crippen MR) is 76.9 cm³/mol. The highest BCUT2D eigenvalue weighted by Crippen LogP contribution is 2.22. The summed E-state index contributed by atoms with van der Waals surface area (Å²) in [6, 6.07) is 5.47. The number of hydrogen-bond donors (Lipinski definition) is 2. The Hall–Kier alpha value is -0.580. The predicted octanol–water partition coefficient (Wildman–Crippen LogP) is 3.84. The van der Waals surface area contributed by atoms with Crippen molar-refractivity contribution in [3.05, 3.63) is 33.3 Å². The first kappa shape index (κ1) is 15.5. The van der Waals surface area contributed by atoms with E-state index in [0.717, 1.165) is 16.5 Å². The fourth-order valence-corrected chi connectivity index (χ4v) is 2.32. The van der Waals surface area contributed by atoms with E-state index >= 15 is 0 Å². The van der Waals surface area contributed by atoms with Crippen LogP contribution in [0.15, 0.2) is 22.7 Å². The summed E-state index contributed by atoms with van der Waals surface area (Å²) in [4.78, 5) is 11.3. The largest absolute Gasteiger partial charge is 0.480 e. The second kappa shape index (κ2) is 6.55. The third-order valence-electron chi connectivity index (χ3n) is 2.90. The molecule has 2 N–H and O–H groups in total. The van der Waals surface area contributed by atoms with E-state index in [0.29, 0.717) is 18.0 Å². The van der Waals surface area contributed by atoms with Crippen LogP contribution in [0, 0.1) is 0 Å². The highest BCUT2D eigenvalue weighted by molar-refractivity contribution is 9.10. The normalized spacial score (nSPS) is 14.2. The molecule has 1 unspecified atom stereocenters. The molecule has 5 heteroatoms. The quantitative estimate of drug-likeness (QED) is 0.831. The summed E-state index contributed by atoms with van der Waals surface area (Å²) in [7, 11) is 0. The molecule has 1 rings (SSSR count). The summed E-state index contributed by atoms with van der Waals surface area (Å²) in [5.74, 6) is -0.831. The van der Waals surface area contributed by atoms with Crippen molar-refractivity contribution >= 4 is 33.5 Å². The molecule has 0 aromatic heterocycles. The number of carboxylic acids is 1. The molecule has 0 saturated carbocycles. The molecule has 18 heavy (non-hydrogen) atoms. The fourth-order valence-electron chi connectivity index (χ4n) is 1.74. The van der Waals surface area contributed by atoms with E-state index in [2.05, 4.69) is 21.2 Å². The van der Waals surface area contributed by atoms with Crippen LogP contribution in [0.2, 0.25) is 5.02 Å². The lowest BCUT2D eigenvalue weighted by atomic mass is 9.96. The maximum absolute atomic E-state index is 11.3. The lowest BCUT2D eigenvalue weighted by Crippen LogP contribution is -2.48. The molecule has 0 aliphatic heterocycles. The van der Waals surface area contributed by atoms with Crippen molar-refractivity contribution in [3.63, 3.8) is 0 Å². The average molecular weight is 335 g/mol. The summed E-state index contributed by atoms with van der Waals surface area (Å²) in [6.45, 7) is 4.14. The highest BCUT2D eigenvalue weighted by atomic mass is 79.9. The van der Waals surface area contributed by atoms with Gasteiger partial charge in [0.05, 0.1) is 0 Å². The van der Waals surface area contributed by atoms with Crippen molar-refractivity contribution in [3.8, 4) is 0 Å². The van der Waals surface area contributed by atoms with Gasteiger partial charge < -0.3 is 5.11 Å². The Kier molecular flexibility index (Phi) is 5.63. The summed E-state index contributed by atoms with van der Waals surface area (Å²) in [6.07, 6.45) is 1.40. The third-order valence-corrected chi connectivity index (χ3v) is 3.91. The molecule has 0 aliphatic carbocycles. The fraction of sp³-hybridized carbons (Fsp3) is 0.462. The topological polar surface area (TPSA) is 49.3 Å². The molecule has 1 aromatic rings. The van der Waals surface area contributed by atoms with Crippen molar-refractivity contribution < 1.29 is 9.90 Å². The number of aliphatic carboxylic acids is 1. The van der Waals surface area contributed by atoms with E-state index in [1.54, 1.807) is 13.0 Å². The Morgan fingerprint density at radius 1 is 1.56 bits per heavy atom. The van der Waals surface area contributed by atoms with Crippen LogP contribution in [0.1, 0.15) is 32.3 Å². The Morgan fingerprint density at radius 3 is 2.78 bits per heavy atom. The zero-order valence-electron chi connectivity index (χ0n) is 10.5. The van der Waals surface area contributed by atoms with Gasteiger partial charge in [0.15, 0.2) is 0 Å². The van der Waals surface area contributed by atoms with E-state index in [-0.39, 0.29) is 0 Å². The molecule has 0 spiro atoms. The number of nitrogens with one attached hydrogen (secondary N) is 1. The molecule has 0 heterocycles. The van der Waals surface area contributed by atoms with Crippen molar-refractivity contribution in [1.29, 1.82) is 0 Å². The molecule has 0 saturated heterocycles. The van der Waals surface area contributed by atoms with Gasteiger partial charge in [-0.2, -0.15) is 0 Å². The first-order valence-corrected chi connectivity index (χ1v) is 6.98. The summed E-state index contributed by atoms with van der Waals surface area (Å²) in [5.41, 5.74) is 0.0438. The van der Waals surface area contributed by atoms with Gasteiger partial charge in [-0.1, -0.05) is 40.9 Å². The molecule has 0 bridgehead atoms. The van der Waals surface area contributed by atoms with E-state index in [4.69, 9.17) is 11.6 Å². The standard InChI is InChI=1S/C13H17BrClNO2/c1-3-6-13(2,12(17)18)16-8-9-7-10(15)4-5-11(9)14/h4-5,7,16H,3,6,8H2,1-2H3,(H,17,18). The number of benzene rings is 1. The van der Waals surface area contributed by atoms with Gasteiger partial charge in [0.25, 0.3) is 0 Å². The van der Waals surface area contributed by atoms with Crippen LogP contribution in [0.5, 0.6) is 0 Å². The summed E-state index contributed by atoms with van der Waals surface area (Å²) >= 11 is 9.35. The monoisotopic (exact) mass is 333 g/mol. The maximum Gasteiger partial charge on any atom is 0.323 e. The molecule has 0 fully saturated rings. The van der Waals surface area contributed by atoms with E-state index < -0.39 is 11.5 Å². The SMILES string of the molecule is CCCC(C)(NCc1cc(Cl)ccc1Br)C(=O)O. The van der Waals surface area contributed by atoms with E-state index in [1.807, 2.05) is 19.1 Å². The van der Waals surface area contributed by atoms with Crippen molar-refractivity contribution in [2.24, 2.45) is 0 Å². The Labute approximate surface area is 121 Å². The van der Waals surface area contributed by atoms with Gasteiger partial charge in [-0.15, -0.1) is 0 Å². The third kappa shape index (κ3) is 3.97. The Morgan fingerprint density at radius 2 is 2.22 bits per heavy atom. The van der Waals surface area contributed by atoms with Crippen molar-refractivity contribution in [1.82, 2.24) is 5.32 Å². The zero-order chi connectivity index (χ0) is 13.8. The van der Waals surface area contributed by atoms with Gasteiger partial charge in [-0.3, -0.25) is 10.1 Å².